The summed E-state index contributed by atoms with van der Waals surface area (Å²) in [5, 5.41) is 1.77. The maximum Gasteiger partial charge on any atom is 0.520 e. The third-order valence-corrected chi connectivity index (χ3v) is 5.39. The average molecular weight is 409 g/mol. The molecule has 0 aromatic carbocycles. The van der Waals surface area contributed by atoms with Gasteiger partial charge in [-0.3, -0.25) is 0 Å². The lowest BCUT2D eigenvalue weighted by Crippen LogP contribution is -2.59. The number of halogens is 8. The van der Waals surface area contributed by atoms with Gasteiger partial charge in [0.25, 0.3) is 0 Å². The summed E-state index contributed by atoms with van der Waals surface area (Å²) < 4.78 is 119. The van der Waals surface area contributed by atoms with Crippen LogP contribution >= 0.6 is 0 Å². The maximum absolute atomic E-state index is 13.2. The van der Waals surface area contributed by atoms with Gasteiger partial charge in [0.1, 0.15) is 0 Å². The molecule has 0 aromatic rings. The number of amides is 1. The molecule has 0 rings (SSSR count). The van der Waals surface area contributed by atoms with Gasteiger partial charge in [0.2, 0.25) is 0 Å². The van der Waals surface area contributed by atoms with Crippen molar-refractivity contribution in [1.82, 2.24) is 5.32 Å². The second-order valence-electron chi connectivity index (χ2n) is 4.43. The first-order chi connectivity index (χ1) is 11.2. The van der Waals surface area contributed by atoms with E-state index in [1.54, 1.807) is 5.32 Å². The van der Waals surface area contributed by atoms with Crippen LogP contribution in [0.1, 0.15) is 0 Å². The zero-order valence-corrected chi connectivity index (χ0v) is 14.1. The fourth-order valence-corrected chi connectivity index (χ4v) is 2.62. The minimum atomic E-state index is -6.46. The molecule has 15 heteroatoms. The fourth-order valence-electron chi connectivity index (χ4n) is 1.33. The molecule has 1 N–H and O–H groups in total. The Morgan fingerprint density at radius 1 is 1.00 bits per heavy atom. The lowest BCUT2D eigenvalue weighted by atomic mass is 10.1. The maximum atomic E-state index is 13.2. The van der Waals surface area contributed by atoms with Gasteiger partial charge in [0.15, 0.2) is 6.61 Å². The molecular formula is C10H15F8NO5Si. The second-order valence-corrected chi connectivity index (χ2v) is 7.37. The quantitative estimate of drug-likeness (QED) is 0.443. The van der Waals surface area contributed by atoms with Crippen LogP contribution in [-0.4, -0.2) is 73.2 Å². The van der Waals surface area contributed by atoms with Crippen LogP contribution in [0.15, 0.2) is 0 Å². The van der Waals surface area contributed by atoms with E-state index in [0.717, 1.165) is 21.3 Å². The monoisotopic (exact) mass is 409 g/mol. The van der Waals surface area contributed by atoms with Crippen LogP contribution in [0.5, 0.6) is 0 Å². The Labute approximate surface area is 137 Å². The molecule has 6 nitrogen and oxygen atoms in total. The van der Waals surface area contributed by atoms with Crippen molar-refractivity contribution >= 4 is 14.9 Å². The summed E-state index contributed by atoms with van der Waals surface area (Å²) in [6.45, 7) is -2.57. The Balaban J connectivity index is 4.86. The van der Waals surface area contributed by atoms with Crippen molar-refractivity contribution in [2.45, 2.75) is 24.2 Å². The van der Waals surface area contributed by atoms with Gasteiger partial charge >= 0.3 is 39.1 Å². The Morgan fingerprint density at radius 3 is 1.80 bits per heavy atom. The summed E-state index contributed by atoms with van der Waals surface area (Å²) in [6.07, 6.45) is -7.33. The van der Waals surface area contributed by atoms with Crippen LogP contribution in [0.3, 0.4) is 0 Å². The summed E-state index contributed by atoms with van der Waals surface area (Å²) in [4.78, 5) is 11.2. The number of hydrogen-bond acceptors (Lipinski definition) is 5. The zero-order valence-electron chi connectivity index (χ0n) is 13.1. The standard InChI is InChI=1S/C10H15F8NO5Si/c1-21-25(22-2,23-3)5-19-7(20)24-4-8(13,14)10(17,18)9(15,16)6(11)12/h6H,4-5H2,1-3H3,(H,19,20). The molecule has 0 aromatic heterocycles. The molecule has 0 atom stereocenters. The molecule has 150 valence electrons. The molecule has 0 saturated carbocycles. The van der Waals surface area contributed by atoms with Crippen molar-refractivity contribution in [2.75, 3.05) is 34.1 Å². The number of ether oxygens (including phenoxy) is 1. The normalized spacial score (nSPS) is 13.9. The first-order valence-electron chi connectivity index (χ1n) is 6.20. The third-order valence-electron chi connectivity index (χ3n) is 2.92. The molecule has 0 aliphatic carbocycles. The predicted molar refractivity (Wildman–Crippen MR) is 67.0 cm³/mol. The number of alkyl halides is 8. The van der Waals surface area contributed by atoms with Crippen molar-refractivity contribution in [3.63, 3.8) is 0 Å². The second kappa shape index (κ2) is 8.46. The molecule has 0 radical (unpaired) electrons. The van der Waals surface area contributed by atoms with Gasteiger partial charge in [0.05, 0.1) is 6.17 Å². The molecule has 0 aliphatic rings. The number of hydrogen-bond donors (Lipinski definition) is 1. The van der Waals surface area contributed by atoms with Gasteiger partial charge in [-0.2, -0.15) is 26.3 Å². The highest BCUT2D eigenvalue weighted by Gasteiger charge is 2.75. The minimum Gasteiger partial charge on any atom is -0.443 e. The van der Waals surface area contributed by atoms with Crippen LogP contribution in [0, 0.1) is 0 Å². The van der Waals surface area contributed by atoms with E-state index in [4.69, 9.17) is 13.3 Å². The van der Waals surface area contributed by atoms with Crippen LogP contribution < -0.4 is 5.32 Å². The van der Waals surface area contributed by atoms with Gasteiger partial charge in [-0.25, -0.2) is 13.6 Å². The number of carbonyl (C=O) groups excluding carboxylic acids is 1. The van der Waals surface area contributed by atoms with Crippen molar-refractivity contribution in [3.05, 3.63) is 0 Å². The van der Waals surface area contributed by atoms with Crippen LogP contribution in [-0.2, 0) is 18.0 Å². The Morgan fingerprint density at radius 2 is 1.44 bits per heavy atom. The summed E-state index contributed by atoms with van der Waals surface area (Å²) in [6, 6.07) is 0. The lowest BCUT2D eigenvalue weighted by Gasteiger charge is -2.31. The van der Waals surface area contributed by atoms with Crippen LogP contribution in [0.25, 0.3) is 0 Å². The van der Waals surface area contributed by atoms with E-state index in [9.17, 15) is 39.9 Å². The third kappa shape index (κ3) is 5.15. The number of alkyl carbamates (subject to hydrolysis) is 1. The van der Waals surface area contributed by atoms with Crippen LogP contribution in [0.2, 0.25) is 0 Å². The van der Waals surface area contributed by atoms with E-state index >= 15 is 0 Å². The number of carbonyl (C=O) groups is 1. The Hall–Kier alpha value is -1.19. The van der Waals surface area contributed by atoms with Gasteiger partial charge < -0.3 is 23.3 Å². The van der Waals surface area contributed by atoms with Crippen molar-refractivity contribution in [1.29, 1.82) is 0 Å². The predicted octanol–water partition coefficient (Wildman–Crippen LogP) is 2.30. The van der Waals surface area contributed by atoms with E-state index in [1.807, 2.05) is 0 Å². The molecule has 0 aliphatic heterocycles. The summed E-state index contributed by atoms with van der Waals surface area (Å²) in [7, 11) is -0.00640. The largest absolute Gasteiger partial charge is 0.520 e. The molecule has 0 bridgehead atoms. The zero-order chi connectivity index (χ0) is 20.1. The Kier molecular flexibility index (Phi) is 8.06. The SMILES string of the molecule is CO[Si](CNC(=O)OCC(F)(F)C(F)(F)C(F)(F)C(F)F)(OC)OC. The smallest absolute Gasteiger partial charge is 0.443 e. The molecule has 0 heterocycles. The summed E-state index contributed by atoms with van der Waals surface area (Å²) in [5.74, 6) is -18.6. The highest BCUT2D eigenvalue weighted by molar-refractivity contribution is 6.61. The topological polar surface area (TPSA) is 66.0 Å². The average Bonchev–Trinajstić information content (AvgIpc) is 2.54. The molecule has 0 spiro atoms. The van der Waals surface area contributed by atoms with Gasteiger partial charge in [-0.1, -0.05) is 0 Å². The van der Waals surface area contributed by atoms with E-state index in [2.05, 4.69) is 4.74 Å². The lowest BCUT2D eigenvalue weighted by molar-refractivity contribution is -0.343. The van der Waals surface area contributed by atoms with Gasteiger partial charge in [0, 0.05) is 21.3 Å². The fraction of sp³-hybridized carbons (Fsp3) is 0.900. The highest BCUT2D eigenvalue weighted by atomic mass is 28.4. The molecule has 0 unspecified atom stereocenters. The highest BCUT2D eigenvalue weighted by Crippen LogP contribution is 2.48. The van der Waals surface area contributed by atoms with E-state index in [0.29, 0.717) is 0 Å². The number of nitrogens with one attached hydrogen (secondary N) is 1. The summed E-state index contributed by atoms with van der Waals surface area (Å²) in [5.41, 5.74) is 0. The molecule has 25 heavy (non-hydrogen) atoms. The van der Waals surface area contributed by atoms with Crippen molar-refractivity contribution in [2.24, 2.45) is 0 Å². The minimum absolute atomic E-state index is 0.537. The summed E-state index contributed by atoms with van der Waals surface area (Å²) >= 11 is 0. The molecule has 0 saturated heterocycles. The van der Waals surface area contributed by atoms with Gasteiger partial charge in [-0.15, -0.1) is 0 Å². The first kappa shape index (κ1) is 23.8. The van der Waals surface area contributed by atoms with Crippen LogP contribution in [0.4, 0.5) is 39.9 Å². The first-order valence-corrected chi connectivity index (χ1v) is 8.14. The molecule has 1 amide bonds. The van der Waals surface area contributed by atoms with Crippen molar-refractivity contribution < 1.29 is 57.9 Å². The van der Waals surface area contributed by atoms with E-state index < -0.39 is 51.9 Å². The molecular weight excluding hydrogens is 394 g/mol. The number of rotatable bonds is 10. The van der Waals surface area contributed by atoms with E-state index in [-0.39, 0.29) is 0 Å². The van der Waals surface area contributed by atoms with E-state index in [1.165, 1.54) is 0 Å². The van der Waals surface area contributed by atoms with Gasteiger partial charge in [-0.05, 0) is 0 Å². The molecule has 0 fully saturated rings. The van der Waals surface area contributed by atoms with Crippen molar-refractivity contribution in [3.8, 4) is 0 Å². The Bertz CT molecular complexity index is 441.